The molecule has 4 rings (SSSR count). The Hall–Kier alpha value is -2.91. The highest BCUT2D eigenvalue weighted by atomic mass is 79.9. The number of hydrogen-bond donors (Lipinski definition) is 3. The number of halogens is 2. The van der Waals surface area contributed by atoms with Crippen LogP contribution < -0.4 is 15.6 Å². The summed E-state index contributed by atoms with van der Waals surface area (Å²) in [6.07, 6.45) is 0.366. The van der Waals surface area contributed by atoms with Gasteiger partial charge in [-0.05, 0) is 54.4 Å². The summed E-state index contributed by atoms with van der Waals surface area (Å²) in [4.78, 5) is 18.6. The normalized spacial score (nSPS) is 18.7. The molecule has 194 valence electrons. The third-order valence-electron chi connectivity index (χ3n) is 6.18. The Morgan fingerprint density at radius 2 is 1.81 bits per heavy atom. The van der Waals surface area contributed by atoms with Crippen LogP contribution in [0.2, 0.25) is 5.02 Å². The van der Waals surface area contributed by atoms with Crippen LogP contribution in [0.15, 0.2) is 82.3 Å². The van der Waals surface area contributed by atoms with Gasteiger partial charge in [-0.1, -0.05) is 63.9 Å². The summed E-state index contributed by atoms with van der Waals surface area (Å²) < 4.78 is 12.7. The highest BCUT2D eigenvalue weighted by Crippen LogP contribution is 2.34. The fourth-order valence-electron chi connectivity index (χ4n) is 4.05. The molecule has 1 aliphatic heterocycles. The summed E-state index contributed by atoms with van der Waals surface area (Å²) in [5, 5.41) is 9.56. The van der Waals surface area contributed by atoms with E-state index in [1.807, 2.05) is 73.7 Å². The lowest BCUT2D eigenvalue weighted by molar-refractivity contribution is -0.129. The quantitative estimate of drug-likeness (QED) is 0.221. The van der Waals surface area contributed by atoms with Gasteiger partial charge in [0.1, 0.15) is 11.9 Å². The van der Waals surface area contributed by atoms with Gasteiger partial charge in [-0.2, -0.15) is 0 Å². The number of rotatable bonds is 11. The van der Waals surface area contributed by atoms with Gasteiger partial charge >= 0.3 is 0 Å². The Bertz CT molecular complexity index is 1250. The maximum atomic E-state index is 13.7. The number of aliphatic hydroxyl groups is 1. The number of aliphatic imine (C=N–C) groups is 1. The average molecular weight is 587 g/mol. The Kier molecular flexibility index (Phi) is 9.21. The molecule has 3 N–H and O–H groups in total. The van der Waals surface area contributed by atoms with Crippen LogP contribution in [-0.4, -0.2) is 41.8 Å². The molecule has 3 aromatic carbocycles. The molecule has 37 heavy (non-hydrogen) atoms. The number of hydrogen-bond acceptors (Lipinski definition) is 6. The first kappa shape index (κ1) is 27.1. The molecular formula is C28H29BrClN3O4. The number of ether oxygens (including phenoxy) is 2. The lowest BCUT2D eigenvalue weighted by atomic mass is 9.86. The summed E-state index contributed by atoms with van der Waals surface area (Å²) in [6.45, 7) is 2.73. The minimum Gasteiger partial charge on any atom is -0.494 e. The third kappa shape index (κ3) is 6.51. The Balaban J connectivity index is 1.57. The minimum absolute atomic E-state index is 0.0789. The molecule has 0 aliphatic carbocycles. The number of nitrogens with zero attached hydrogens (tertiary/aromatic N) is 1. The standard InChI is InChI=1S/C28H29BrClN3O4/c1-19-28(17-21-7-2-4-9-24(21)29,27(35)33-31-18-22-8-3-5-10-25(22)30)32-26(37-19)20-11-13-23(14-12-20)36-16-6-15-34/h2-5,7-14,19,31,34H,6,15-18H2,1H3,(H,33,35)/t19-,28-/m0/s1. The maximum absolute atomic E-state index is 13.7. The van der Waals surface area contributed by atoms with E-state index in [2.05, 4.69) is 26.8 Å². The molecule has 0 fully saturated rings. The summed E-state index contributed by atoms with van der Waals surface area (Å²) >= 11 is 9.86. The fraction of sp³-hybridized carbons (Fsp3) is 0.286. The number of carbonyl (C=O) groups is 1. The fourth-order valence-corrected chi connectivity index (χ4v) is 4.67. The van der Waals surface area contributed by atoms with Crippen LogP contribution in [0, 0.1) is 0 Å². The van der Waals surface area contributed by atoms with Crippen LogP contribution in [0.3, 0.4) is 0 Å². The first-order chi connectivity index (χ1) is 17.9. The van der Waals surface area contributed by atoms with Crippen molar-refractivity contribution < 1.29 is 19.4 Å². The molecule has 2 atom stereocenters. The third-order valence-corrected chi connectivity index (χ3v) is 7.33. The van der Waals surface area contributed by atoms with E-state index >= 15 is 0 Å². The molecule has 0 bridgehead atoms. The van der Waals surface area contributed by atoms with Gasteiger partial charge < -0.3 is 14.6 Å². The van der Waals surface area contributed by atoms with E-state index in [-0.39, 0.29) is 12.5 Å². The van der Waals surface area contributed by atoms with Crippen molar-refractivity contribution in [3.8, 4) is 5.75 Å². The SMILES string of the molecule is C[C@@H]1OC(c2ccc(OCCCO)cc2)=N[C@]1(Cc1ccccc1Br)C(=O)NNCc1ccccc1Cl. The van der Waals surface area contributed by atoms with Gasteiger partial charge in [0.2, 0.25) is 5.90 Å². The van der Waals surface area contributed by atoms with Crippen molar-refractivity contribution in [1.82, 2.24) is 10.9 Å². The predicted molar refractivity (Wildman–Crippen MR) is 148 cm³/mol. The minimum atomic E-state index is -1.21. The van der Waals surface area contributed by atoms with Crippen molar-refractivity contribution in [3.63, 3.8) is 0 Å². The summed E-state index contributed by atoms with van der Waals surface area (Å²) in [5.74, 6) is 0.773. The molecule has 1 amide bonds. The second kappa shape index (κ2) is 12.6. The van der Waals surface area contributed by atoms with Gasteiger partial charge in [0, 0.05) is 41.1 Å². The molecule has 0 spiro atoms. The van der Waals surface area contributed by atoms with E-state index in [0.717, 1.165) is 21.2 Å². The molecule has 9 heteroatoms. The number of aliphatic hydroxyl groups excluding tert-OH is 1. The molecule has 0 aromatic heterocycles. The van der Waals surface area contributed by atoms with Crippen LogP contribution in [0.25, 0.3) is 0 Å². The summed E-state index contributed by atoms with van der Waals surface area (Å²) in [7, 11) is 0. The van der Waals surface area contributed by atoms with Crippen molar-refractivity contribution in [1.29, 1.82) is 0 Å². The first-order valence-electron chi connectivity index (χ1n) is 12.0. The van der Waals surface area contributed by atoms with E-state index in [1.54, 1.807) is 6.07 Å². The lowest BCUT2D eigenvalue weighted by Crippen LogP contribution is -2.55. The highest BCUT2D eigenvalue weighted by Gasteiger charge is 2.50. The summed E-state index contributed by atoms with van der Waals surface area (Å²) in [5.41, 5.74) is 7.17. The smallest absolute Gasteiger partial charge is 0.266 e. The van der Waals surface area contributed by atoms with Gasteiger partial charge in [-0.3, -0.25) is 10.2 Å². The molecule has 0 unspecified atom stereocenters. The zero-order chi connectivity index (χ0) is 26.3. The predicted octanol–water partition coefficient (Wildman–Crippen LogP) is 4.83. The molecule has 3 aromatic rings. The number of amides is 1. The van der Waals surface area contributed by atoms with Crippen LogP contribution in [0.5, 0.6) is 5.75 Å². The van der Waals surface area contributed by atoms with E-state index in [4.69, 9.17) is 31.2 Å². The average Bonchev–Trinajstić information content (AvgIpc) is 3.24. The van der Waals surface area contributed by atoms with Crippen molar-refractivity contribution in [3.05, 3.63) is 99.0 Å². The zero-order valence-electron chi connectivity index (χ0n) is 20.4. The largest absolute Gasteiger partial charge is 0.494 e. The van der Waals surface area contributed by atoms with Gasteiger partial charge in [-0.25, -0.2) is 10.4 Å². The second-order valence-corrected chi connectivity index (χ2v) is 9.98. The van der Waals surface area contributed by atoms with Gasteiger partial charge in [0.15, 0.2) is 5.54 Å². The lowest BCUT2D eigenvalue weighted by Gasteiger charge is -2.28. The van der Waals surface area contributed by atoms with E-state index in [1.165, 1.54) is 0 Å². The van der Waals surface area contributed by atoms with E-state index in [9.17, 15) is 4.79 Å². The van der Waals surface area contributed by atoms with Gasteiger partial charge in [0.25, 0.3) is 5.91 Å². The molecule has 0 saturated carbocycles. The number of hydrazine groups is 1. The van der Waals surface area contributed by atoms with Crippen molar-refractivity contribution in [2.75, 3.05) is 13.2 Å². The molecule has 0 saturated heterocycles. The first-order valence-corrected chi connectivity index (χ1v) is 13.2. The van der Waals surface area contributed by atoms with Gasteiger partial charge in [0.05, 0.1) is 6.61 Å². The van der Waals surface area contributed by atoms with Crippen LogP contribution in [0.1, 0.15) is 30.0 Å². The monoisotopic (exact) mass is 585 g/mol. The number of nitrogens with one attached hydrogen (secondary N) is 2. The van der Waals surface area contributed by atoms with Crippen LogP contribution >= 0.6 is 27.5 Å². The molecule has 0 radical (unpaired) electrons. The van der Waals surface area contributed by atoms with Crippen molar-refractivity contribution in [2.45, 2.75) is 38.0 Å². The van der Waals surface area contributed by atoms with E-state index in [0.29, 0.717) is 42.7 Å². The molecular weight excluding hydrogens is 558 g/mol. The number of benzene rings is 3. The Morgan fingerprint density at radius 1 is 1.11 bits per heavy atom. The van der Waals surface area contributed by atoms with Crippen molar-refractivity contribution in [2.24, 2.45) is 4.99 Å². The van der Waals surface area contributed by atoms with Crippen LogP contribution in [0.4, 0.5) is 0 Å². The second-order valence-electron chi connectivity index (χ2n) is 8.72. The van der Waals surface area contributed by atoms with Gasteiger partial charge in [-0.15, -0.1) is 0 Å². The highest BCUT2D eigenvalue weighted by molar-refractivity contribution is 9.10. The Labute approximate surface area is 230 Å². The summed E-state index contributed by atoms with van der Waals surface area (Å²) in [6, 6.07) is 22.6. The zero-order valence-corrected chi connectivity index (χ0v) is 22.8. The number of carbonyl (C=O) groups excluding carboxylic acids is 1. The van der Waals surface area contributed by atoms with Crippen molar-refractivity contribution >= 4 is 39.3 Å². The maximum Gasteiger partial charge on any atom is 0.266 e. The van der Waals surface area contributed by atoms with E-state index < -0.39 is 11.6 Å². The molecule has 1 heterocycles. The Morgan fingerprint density at radius 3 is 2.51 bits per heavy atom. The molecule has 7 nitrogen and oxygen atoms in total. The van der Waals surface area contributed by atoms with Crippen LogP contribution in [-0.2, 0) is 22.5 Å². The molecule has 1 aliphatic rings. The topological polar surface area (TPSA) is 92.2 Å².